The highest BCUT2D eigenvalue weighted by molar-refractivity contribution is 6.30. The number of rotatable bonds is 5. The van der Waals surface area contributed by atoms with Crippen LogP contribution in [0.15, 0.2) is 54.6 Å². The number of nitrogens with zero attached hydrogens (tertiary/aromatic N) is 1. The minimum Gasteiger partial charge on any atom is -0.396 e. The molecule has 1 saturated heterocycles. The molecule has 1 aliphatic rings. The van der Waals surface area contributed by atoms with Crippen molar-refractivity contribution in [3.05, 3.63) is 70.7 Å². The summed E-state index contributed by atoms with van der Waals surface area (Å²) in [7, 11) is 0. The molecule has 25 heavy (non-hydrogen) atoms. The molecular weight excluding hydrogens is 334 g/mol. The smallest absolute Gasteiger partial charge is 0.223 e. The largest absolute Gasteiger partial charge is 0.396 e. The molecule has 0 spiro atoms. The van der Waals surface area contributed by atoms with Gasteiger partial charge in [0.15, 0.2) is 0 Å². The van der Waals surface area contributed by atoms with E-state index in [2.05, 4.69) is 12.1 Å². The van der Waals surface area contributed by atoms with E-state index in [1.165, 1.54) is 0 Å². The van der Waals surface area contributed by atoms with E-state index in [4.69, 9.17) is 11.6 Å². The third kappa shape index (κ3) is 4.62. The van der Waals surface area contributed by atoms with Gasteiger partial charge in [-0.2, -0.15) is 0 Å². The molecular formula is C21H24ClNO2. The number of likely N-dealkylation sites (tertiary alicyclic amines) is 1. The van der Waals surface area contributed by atoms with E-state index in [0.29, 0.717) is 17.4 Å². The molecule has 0 aromatic heterocycles. The van der Waals surface area contributed by atoms with Gasteiger partial charge in [0.05, 0.1) is 0 Å². The van der Waals surface area contributed by atoms with E-state index in [1.54, 1.807) is 0 Å². The fourth-order valence-corrected chi connectivity index (χ4v) is 3.70. The van der Waals surface area contributed by atoms with E-state index < -0.39 is 0 Å². The molecule has 132 valence electrons. The van der Waals surface area contributed by atoms with Crippen molar-refractivity contribution in [3.8, 4) is 0 Å². The lowest BCUT2D eigenvalue weighted by molar-refractivity contribution is -0.133. The fourth-order valence-electron chi connectivity index (χ4n) is 3.51. The van der Waals surface area contributed by atoms with Crippen molar-refractivity contribution in [2.24, 2.45) is 5.92 Å². The van der Waals surface area contributed by atoms with Crippen LogP contribution in [0.3, 0.4) is 0 Å². The summed E-state index contributed by atoms with van der Waals surface area (Å²) in [4.78, 5) is 14.8. The van der Waals surface area contributed by atoms with Crippen LogP contribution < -0.4 is 0 Å². The van der Waals surface area contributed by atoms with Gasteiger partial charge in [0.1, 0.15) is 0 Å². The Morgan fingerprint density at radius 3 is 2.40 bits per heavy atom. The van der Waals surface area contributed by atoms with Crippen LogP contribution in [-0.4, -0.2) is 35.6 Å². The lowest BCUT2D eigenvalue weighted by atomic mass is 9.87. The van der Waals surface area contributed by atoms with Gasteiger partial charge in [-0.3, -0.25) is 4.79 Å². The number of carbonyl (C=O) groups excluding carboxylic acids is 1. The van der Waals surface area contributed by atoms with Crippen molar-refractivity contribution in [3.63, 3.8) is 0 Å². The summed E-state index contributed by atoms with van der Waals surface area (Å²) in [6.07, 6.45) is 2.21. The quantitative estimate of drug-likeness (QED) is 0.875. The van der Waals surface area contributed by atoms with Gasteiger partial charge in [-0.25, -0.2) is 0 Å². The van der Waals surface area contributed by atoms with Crippen LogP contribution in [0.4, 0.5) is 0 Å². The second-order valence-corrected chi connectivity index (χ2v) is 7.17. The minimum atomic E-state index is 0.00275. The first kappa shape index (κ1) is 18.0. The maximum Gasteiger partial charge on any atom is 0.223 e. The first-order valence-corrected chi connectivity index (χ1v) is 9.24. The molecule has 1 N–H and O–H groups in total. The monoisotopic (exact) mass is 357 g/mol. The lowest BCUT2D eigenvalue weighted by Gasteiger charge is -2.32. The predicted octanol–water partition coefficient (Wildman–Crippen LogP) is 4.09. The fraction of sp³-hybridized carbons (Fsp3) is 0.381. The van der Waals surface area contributed by atoms with Crippen molar-refractivity contribution in [1.82, 2.24) is 4.90 Å². The molecule has 1 atom stereocenters. The molecule has 2 aromatic rings. The van der Waals surface area contributed by atoms with Crippen molar-refractivity contribution in [2.45, 2.75) is 25.2 Å². The van der Waals surface area contributed by atoms with Crippen LogP contribution in [0.2, 0.25) is 5.02 Å². The molecule has 0 radical (unpaired) electrons. The van der Waals surface area contributed by atoms with Crippen LogP contribution in [0.1, 0.15) is 36.3 Å². The SMILES string of the molecule is O=C(CC(c1ccccc1)c1cccc(Cl)c1)N1CCC(CO)CC1. The number of benzene rings is 2. The Balaban J connectivity index is 1.77. The van der Waals surface area contributed by atoms with Gasteiger partial charge in [0.25, 0.3) is 0 Å². The maximum atomic E-state index is 12.9. The Kier molecular flexibility index (Phi) is 6.11. The van der Waals surface area contributed by atoms with Crippen molar-refractivity contribution < 1.29 is 9.90 Å². The summed E-state index contributed by atoms with van der Waals surface area (Å²) in [6, 6.07) is 17.9. The second-order valence-electron chi connectivity index (χ2n) is 6.73. The van der Waals surface area contributed by atoms with Crippen LogP contribution in [0, 0.1) is 5.92 Å². The first-order valence-electron chi connectivity index (χ1n) is 8.86. The highest BCUT2D eigenvalue weighted by Gasteiger charge is 2.25. The Labute approximate surface area is 154 Å². The molecule has 1 unspecified atom stereocenters. The van der Waals surface area contributed by atoms with Crippen molar-refractivity contribution in [2.75, 3.05) is 19.7 Å². The van der Waals surface area contributed by atoms with Gasteiger partial charge >= 0.3 is 0 Å². The van der Waals surface area contributed by atoms with E-state index >= 15 is 0 Å². The summed E-state index contributed by atoms with van der Waals surface area (Å²) >= 11 is 6.17. The molecule has 0 saturated carbocycles. The Morgan fingerprint density at radius 2 is 1.76 bits per heavy atom. The number of amides is 1. The maximum absolute atomic E-state index is 12.9. The van der Waals surface area contributed by atoms with Gasteiger partial charge in [0.2, 0.25) is 5.91 Å². The van der Waals surface area contributed by atoms with E-state index in [0.717, 1.165) is 37.1 Å². The zero-order valence-corrected chi connectivity index (χ0v) is 15.0. The summed E-state index contributed by atoms with van der Waals surface area (Å²) in [5, 5.41) is 9.96. The van der Waals surface area contributed by atoms with Crippen LogP contribution in [0.5, 0.6) is 0 Å². The number of carbonyl (C=O) groups is 1. The number of aliphatic hydroxyl groups is 1. The molecule has 2 aromatic carbocycles. The average Bonchev–Trinajstić information content (AvgIpc) is 2.66. The number of hydrogen-bond acceptors (Lipinski definition) is 2. The van der Waals surface area contributed by atoms with Crippen LogP contribution >= 0.6 is 11.6 Å². The zero-order valence-electron chi connectivity index (χ0n) is 14.3. The van der Waals surface area contributed by atoms with Gasteiger partial charge < -0.3 is 10.0 Å². The Hall–Kier alpha value is -1.84. The molecule has 4 heteroatoms. The predicted molar refractivity (Wildman–Crippen MR) is 101 cm³/mol. The normalized spacial score (nSPS) is 16.6. The molecule has 1 amide bonds. The van der Waals surface area contributed by atoms with Gasteiger partial charge in [-0.05, 0) is 42.0 Å². The highest BCUT2D eigenvalue weighted by atomic mass is 35.5. The van der Waals surface area contributed by atoms with Crippen molar-refractivity contribution in [1.29, 1.82) is 0 Å². The van der Waals surface area contributed by atoms with Gasteiger partial charge in [0, 0.05) is 37.1 Å². The highest BCUT2D eigenvalue weighted by Crippen LogP contribution is 2.31. The van der Waals surface area contributed by atoms with E-state index in [-0.39, 0.29) is 18.4 Å². The summed E-state index contributed by atoms with van der Waals surface area (Å²) in [5.41, 5.74) is 2.20. The Morgan fingerprint density at radius 1 is 1.08 bits per heavy atom. The number of hydrogen-bond donors (Lipinski definition) is 1. The molecule has 1 heterocycles. The molecule has 0 aliphatic carbocycles. The van der Waals surface area contributed by atoms with Crippen LogP contribution in [0.25, 0.3) is 0 Å². The molecule has 1 aliphatic heterocycles. The summed E-state index contributed by atoms with van der Waals surface area (Å²) < 4.78 is 0. The molecule has 3 rings (SSSR count). The third-order valence-corrected chi connectivity index (χ3v) is 5.29. The van der Waals surface area contributed by atoms with Crippen LogP contribution in [-0.2, 0) is 4.79 Å². The average molecular weight is 358 g/mol. The topological polar surface area (TPSA) is 40.5 Å². The van der Waals surface area contributed by atoms with E-state index in [1.807, 2.05) is 47.4 Å². The third-order valence-electron chi connectivity index (χ3n) is 5.06. The van der Waals surface area contributed by atoms with Gasteiger partial charge in [-0.1, -0.05) is 54.1 Å². The zero-order chi connectivity index (χ0) is 17.6. The number of aliphatic hydroxyl groups excluding tert-OH is 1. The molecule has 0 bridgehead atoms. The minimum absolute atomic E-state index is 0.00275. The summed E-state index contributed by atoms with van der Waals surface area (Å²) in [6.45, 7) is 1.69. The summed E-state index contributed by atoms with van der Waals surface area (Å²) in [5.74, 6) is 0.509. The first-order chi connectivity index (χ1) is 12.2. The molecule has 1 fully saturated rings. The van der Waals surface area contributed by atoms with E-state index in [9.17, 15) is 9.90 Å². The standard InChI is InChI=1S/C21H24ClNO2/c22-19-8-4-7-18(13-19)20(17-5-2-1-3-6-17)14-21(25)23-11-9-16(15-24)10-12-23/h1-8,13,16,20,24H,9-12,14-15H2. The number of piperidine rings is 1. The Bertz CT molecular complexity index is 696. The molecule has 3 nitrogen and oxygen atoms in total. The number of halogens is 1. The van der Waals surface area contributed by atoms with Crippen molar-refractivity contribution >= 4 is 17.5 Å². The second kappa shape index (κ2) is 8.50. The van der Waals surface area contributed by atoms with Gasteiger partial charge in [-0.15, -0.1) is 0 Å². The lowest BCUT2D eigenvalue weighted by Crippen LogP contribution is -2.39.